The Morgan fingerprint density at radius 2 is 1.79 bits per heavy atom. The number of para-hydroxylation sites is 2. The van der Waals surface area contributed by atoms with E-state index >= 15 is 0 Å². The summed E-state index contributed by atoms with van der Waals surface area (Å²) in [6.45, 7) is 6.11. The van der Waals surface area contributed by atoms with E-state index in [1.54, 1.807) is 9.58 Å². The third-order valence-electron chi connectivity index (χ3n) is 8.44. The molecule has 0 spiro atoms. The van der Waals surface area contributed by atoms with Crippen LogP contribution in [0.15, 0.2) is 34.9 Å². The number of amides is 2. The highest BCUT2D eigenvalue weighted by Crippen LogP contribution is 2.40. The van der Waals surface area contributed by atoms with Crippen molar-refractivity contribution in [1.82, 2.24) is 30.2 Å². The summed E-state index contributed by atoms with van der Waals surface area (Å²) < 4.78 is 7.64. The highest BCUT2D eigenvalue weighted by molar-refractivity contribution is 5.90. The Labute approximate surface area is 228 Å². The van der Waals surface area contributed by atoms with Gasteiger partial charge in [0.1, 0.15) is 17.6 Å². The van der Waals surface area contributed by atoms with Crippen molar-refractivity contribution in [1.29, 1.82) is 0 Å². The highest BCUT2D eigenvalue weighted by Gasteiger charge is 2.46. The molecule has 10 nitrogen and oxygen atoms in total. The van der Waals surface area contributed by atoms with Crippen LogP contribution < -0.4 is 5.32 Å². The molecular weight excluding hydrogens is 496 g/mol. The Morgan fingerprint density at radius 3 is 2.49 bits per heavy atom. The molecule has 3 heterocycles. The Bertz CT molecular complexity index is 1310. The van der Waals surface area contributed by atoms with E-state index in [-0.39, 0.29) is 36.7 Å². The van der Waals surface area contributed by atoms with Gasteiger partial charge >= 0.3 is 0 Å². The number of oxazole rings is 1. The molecule has 2 saturated carbocycles. The number of aliphatic hydroxyl groups is 1. The van der Waals surface area contributed by atoms with E-state index in [1.165, 1.54) is 0 Å². The summed E-state index contributed by atoms with van der Waals surface area (Å²) in [5, 5.41) is 22.3. The number of nitrogens with zero attached hydrogens (tertiary/aromatic N) is 5. The molecule has 208 valence electrons. The molecule has 10 heteroatoms. The summed E-state index contributed by atoms with van der Waals surface area (Å²) in [6, 6.07) is 6.47. The van der Waals surface area contributed by atoms with Crippen LogP contribution in [0.1, 0.15) is 95.2 Å². The first-order valence-corrected chi connectivity index (χ1v) is 14.2. The Hall–Kier alpha value is -3.27. The van der Waals surface area contributed by atoms with E-state index in [4.69, 9.17) is 4.42 Å². The normalized spacial score (nSPS) is 26.6. The number of aliphatic hydroxyl groups excluding tert-OH is 1. The molecule has 0 unspecified atom stereocenters. The minimum absolute atomic E-state index is 0.0163. The van der Waals surface area contributed by atoms with Crippen LogP contribution in [0.25, 0.3) is 11.1 Å². The van der Waals surface area contributed by atoms with Gasteiger partial charge in [0.05, 0.1) is 11.8 Å². The number of β-amino-alcohol motifs (C(OH)–C–C–N with tert-alkyl or cyclic N) is 1. The maximum atomic E-state index is 13.9. The Kier molecular flexibility index (Phi) is 6.69. The smallest absolute Gasteiger partial charge is 0.248 e. The van der Waals surface area contributed by atoms with Gasteiger partial charge in [-0.15, -0.1) is 5.10 Å². The number of aromatic nitrogens is 4. The van der Waals surface area contributed by atoms with Gasteiger partial charge in [-0.05, 0) is 56.1 Å². The van der Waals surface area contributed by atoms with E-state index in [9.17, 15) is 14.7 Å². The van der Waals surface area contributed by atoms with Crippen molar-refractivity contribution >= 4 is 22.9 Å². The Balaban J connectivity index is 1.11. The van der Waals surface area contributed by atoms with Gasteiger partial charge in [0.25, 0.3) is 0 Å². The van der Waals surface area contributed by atoms with Gasteiger partial charge in [-0.1, -0.05) is 38.1 Å². The van der Waals surface area contributed by atoms with Crippen LogP contribution in [0, 0.1) is 5.41 Å². The second kappa shape index (κ2) is 10.0. The summed E-state index contributed by atoms with van der Waals surface area (Å²) in [6.07, 6.45) is 6.94. The monoisotopic (exact) mass is 534 g/mol. The molecule has 3 aromatic rings. The average Bonchev–Trinajstić information content (AvgIpc) is 3.29. The lowest BCUT2D eigenvalue weighted by molar-refractivity contribution is -0.144. The van der Waals surface area contributed by atoms with Gasteiger partial charge in [0, 0.05) is 37.0 Å². The van der Waals surface area contributed by atoms with Crippen LogP contribution in [0.4, 0.5) is 0 Å². The summed E-state index contributed by atoms with van der Waals surface area (Å²) in [4.78, 5) is 33.6. The van der Waals surface area contributed by atoms with Gasteiger partial charge in [-0.3, -0.25) is 9.59 Å². The van der Waals surface area contributed by atoms with Crippen LogP contribution >= 0.6 is 0 Å². The maximum Gasteiger partial charge on any atom is 0.248 e. The molecule has 2 aliphatic carbocycles. The lowest BCUT2D eigenvalue weighted by Crippen LogP contribution is -2.52. The van der Waals surface area contributed by atoms with Crippen LogP contribution in [-0.4, -0.2) is 66.5 Å². The number of hydrogen-bond donors (Lipinski definition) is 2. The molecule has 2 aromatic heterocycles. The van der Waals surface area contributed by atoms with Gasteiger partial charge in [-0.2, -0.15) is 0 Å². The molecular formula is C29H38N6O4. The third kappa shape index (κ3) is 5.31. The van der Waals surface area contributed by atoms with E-state index in [0.29, 0.717) is 5.92 Å². The molecule has 0 bridgehead atoms. The second-order valence-corrected chi connectivity index (χ2v) is 12.6. The zero-order valence-corrected chi connectivity index (χ0v) is 22.9. The molecule has 1 saturated heterocycles. The average molecular weight is 535 g/mol. The molecule has 3 fully saturated rings. The number of fused-ring (bicyclic) bond motifs is 1. The van der Waals surface area contributed by atoms with Crippen LogP contribution in [-0.2, 0) is 9.59 Å². The fraction of sp³-hybridized carbons (Fsp3) is 0.621. The van der Waals surface area contributed by atoms with Gasteiger partial charge in [0.2, 0.25) is 11.8 Å². The minimum Gasteiger partial charge on any atom is -0.440 e. The van der Waals surface area contributed by atoms with Crippen molar-refractivity contribution in [3.05, 3.63) is 42.0 Å². The number of rotatable bonds is 6. The quantitative estimate of drug-likeness (QED) is 0.494. The van der Waals surface area contributed by atoms with E-state index in [0.717, 1.165) is 61.2 Å². The predicted octanol–water partition coefficient (Wildman–Crippen LogP) is 3.69. The first kappa shape index (κ1) is 26.0. The number of carbonyl (C=O) groups excluding carboxylic acids is 2. The molecule has 2 N–H and O–H groups in total. The van der Waals surface area contributed by atoms with E-state index in [2.05, 4.69) is 20.6 Å². The molecule has 6 rings (SSSR count). The molecule has 3 aliphatic rings. The fourth-order valence-electron chi connectivity index (χ4n) is 6.17. The van der Waals surface area contributed by atoms with Crippen molar-refractivity contribution in [3.63, 3.8) is 0 Å². The third-order valence-corrected chi connectivity index (χ3v) is 8.44. The van der Waals surface area contributed by atoms with Crippen molar-refractivity contribution < 1.29 is 19.1 Å². The zero-order chi connectivity index (χ0) is 27.3. The topological polar surface area (TPSA) is 126 Å². The van der Waals surface area contributed by atoms with Crippen LogP contribution in [0.3, 0.4) is 0 Å². The number of likely N-dealkylation sites (tertiary alicyclic amines) is 1. The first-order valence-electron chi connectivity index (χ1n) is 14.2. The summed E-state index contributed by atoms with van der Waals surface area (Å²) in [5.41, 5.74) is 2.14. The standard InChI is InChI=1S/C29H38N6O4/c1-29(2,3)25(35-16-22(32-33-35)17-8-9-17)28(38)34-15-20(36)14-23(34)26(37)30-19-12-10-18(11-13-19)27-31-21-6-4-5-7-24(21)39-27/h4-7,16-20,23,25,36H,8-15H2,1-3H3,(H,30,37)/t18-,19-,20-,23+,25-/m1/s1. The molecule has 0 radical (unpaired) electrons. The van der Waals surface area contributed by atoms with Gasteiger partial charge < -0.3 is 19.7 Å². The second-order valence-electron chi connectivity index (χ2n) is 12.6. The van der Waals surface area contributed by atoms with E-state index in [1.807, 2.05) is 51.2 Å². The molecule has 3 atom stereocenters. The minimum atomic E-state index is -0.738. The number of carbonyl (C=O) groups is 2. The Morgan fingerprint density at radius 1 is 1.08 bits per heavy atom. The van der Waals surface area contributed by atoms with Crippen molar-refractivity contribution in [2.45, 2.75) is 102 Å². The zero-order valence-electron chi connectivity index (χ0n) is 22.9. The molecule has 1 aliphatic heterocycles. The van der Waals surface area contributed by atoms with Gasteiger partial charge in [0.15, 0.2) is 11.5 Å². The lowest BCUT2D eigenvalue weighted by Gasteiger charge is -2.35. The van der Waals surface area contributed by atoms with Crippen molar-refractivity contribution in [3.8, 4) is 0 Å². The summed E-state index contributed by atoms with van der Waals surface area (Å²) >= 11 is 0. The fourth-order valence-corrected chi connectivity index (χ4v) is 6.17. The van der Waals surface area contributed by atoms with Crippen molar-refractivity contribution in [2.24, 2.45) is 5.41 Å². The number of nitrogens with one attached hydrogen (secondary N) is 1. The SMILES string of the molecule is CC(C)(C)[C@@H](C(=O)N1C[C@H](O)C[C@H]1C(=O)N[C@H]1CC[C@H](c2nc3ccccc3o2)CC1)n1cc(C2CC2)nn1. The largest absolute Gasteiger partial charge is 0.440 e. The molecule has 39 heavy (non-hydrogen) atoms. The van der Waals surface area contributed by atoms with E-state index < -0.39 is 23.6 Å². The lowest BCUT2D eigenvalue weighted by atomic mass is 9.85. The van der Waals surface area contributed by atoms with Crippen molar-refractivity contribution in [2.75, 3.05) is 6.54 Å². The van der Waals surface area contributed by atoms with Crippen LogP contribution in [0.2, 0.25) is 0 Å². The number of hydrogen-bond acceptors (Lipinski definition) is 7. The number of benzene rings is 1. The highest BCUT2D eigenvalue weighted by atomic mass is 16.3. The first-order chi connectivity index (χ1) is 18.7. The maximum absolute atomic E-state index is 13.9. The molecule has 1 aromatic carbocycles. The van der Waals surface area contributed by atoms with Crippen LogP contribution in [0.5, 0.6) is 0 Å². The molecule has 2 amide bonds. The van der Waals surface area contributed by atoms with Gasteiger partial charge in [-0.25, -0.2) is 9.67 Å². The predicted molar refractivity (Wildman–Crippen MR) is 144 cm³/mol. The summed E-state index contributed by atoms with van der Waals surface area (Å²) in [7, 11) is 0. The summed E-state index contributed by atoms with van der Waals surface area (Å²) in [5.74, 6) is 1.02.